The summed E-state index contributed by atoms with van der Waals surface area (Å²) in [6.07, 6.45) is -5.17. The number of hydrogen-bond donors (Lipinski definition) is 1. The van der Waals surface area contributed by atoms with Crippen LogP contribution in [-0.2, 0) is 6.42 Å². The fraction of sp³-hybridized carbons (Fsp3) is 0.462. The number of halogens is 3. The first-order valence-corrected chi connectivity index (χ1v) is 7.39. The van der Waals surface area contributed by atoms with E-state index >= 15 is 0 Å². The summed E-state index contributed by atoms with van der Waals surface area (Å²) in [5, 5.41) is 2.70. The smallest absolute Gasteiger partial charge is 0.323 e. The molecule has 20 heavy (non-hydrogen) atoms. The molecule has 0 radical (unpaired) electrons. The number of urea groups is 1. The van der Waals surface area contributed by atoms with Gasteiger partial charge >= 0.3 is 12.2 Å². The SMILES string of the molecule is O=C(Nc1ccc(CC(F)(F)F)cc1)N1CCSCC1. The summed E-state index contributed by atoms with van der Waals surface area (Å²) >= 11 is 1.80. The Hall–Kier alpha value is -1.37. The van der Waals surface area contributed by atoms with E-state index in [1.807, 2.05) is 0 Å². The third-order valence-corrected chi connectivity index (χ3v) is 3.85. The van der Waals surface area contributed by atoms with Crippen molar-refractivity contribution in [2.45, 2.75) is 12.6 Å². The Labute approximate surface area is 119 Å². The number of benzene rings is 1. The van der Waals surface area contributed by atoms with Crippen molar-refractivity contribution in [2.24, 2.45) is 0 Å². The van der Waals surface area contributed by atoms with Gasteiger partial charge in [0.15, 0.2) is 0 Å². The normalized spacial score (nSPS) is 16.1. The van der Waals surface area contributed by atoms with Crippen molar-refractivity contribution in [3.63, 3.8) is 0 Å². The van der Waals surface area contributed by atoms with Crippen LogP contribution < -0.4 is 5.32 Å². The molecular weight excluding hydrogens is 289 g/mol. The third-order valence-electron chi connectivity index (χ3n) is 2.91. The van der Waals surface area contributed by atoms with Gasteiger partial charge in [0.1, 0.15) is 0 Å². The number of nitrogens with one attached hydrogen (secondary N) is 1. The molecule has 0 unspecified atom stereocenters. The van der Waals surface area contributed by atoms with Gasteiger partial charge in [-0.1, -0.05) is 12.1 Å². The van der Waals surface area contributed by atoms with Crippen LogP contribution in [0.15, 0.2) is 24.3 Å². The molecule has 0 aliphatic carbocycles. The average Bonchev–Trinajstić information content (AvgIpc) is 2.40. The van der Waals surface area contributed by atoms with E-state index in [1.54, 1.807) is 16.7 Å². The minimum atomic E-state index is -4.21. The first-order chi connectivity index (χ1) is 9.44. The lowest BCUT2D eigenvalue weighted by Gasteiger charge is -2.26. The maximum absolute atomic E-state index is 12.2. The second-order valence-electron chi connectivity index (χ2n) is 4.52. The van der Waals surface area contributed by atoms with Crippen molar-refractivity contribution >= 4 is 23.5 Å². The highest BCUT2D eigenvalue weighted by Gasteiger charge is 2.27. The zero-order valence-electron chi connectivity index (χ0n) is 10.7. The lowest BCUT2D eigenvalue weighted by atomic mass is 10.1. The van der Waals surface area contributed by atoms with Gasteiger partial charge < -0.3 is 10.2 Å². The monoisotopic (exact) mass is 304 g/mol. The van der Waals surface area contributed by atoms with Crippen LogP contribution in [-0.4, -0.2) is 41.7 Å². The van der Waals surface area contributed by atoms with Gasteiger partial charge in [-0.3, -0.25) is 0 Å². The number of amides is 2. The number of nitrogens with zero attached hydrogens (tertiary/aromatic N) is 1. The number of rotatable bonds is 2. The van der Waals surface area contributed by atoms with E-state index in [1.165, 1.54) is 24.3 Å². The van der Waals surface area contributed by atoms with Crippen molar-refractivity contribution in [1.82, 2.24) is 4.90 Å². The molecule has 0 atom stereocenters. The van der Waals surface area contributed by atoms with Crippen molar-refractivity contribution in [3.8, 4) is 0 Å². The predicted octanol–water partition coefficient (Wildman–Crippen LogP) is 3.37. The summed E-state index contributed by atoms with van der Waals surface area (Å²) < 4.78 is 36.6. The fourth-order valence-electron chi connectivity index (χ4n) is 1.91. The van der Waals surface area contributed by atoms with Crippen LogP contribution in [0.5, 0.6) is 0 Å². The molecule has 0 bridgehead atoms. The van der Waals surface area contributed by atoms with Crippen LogP contribution in [0.1, 0.15) is 5.56 Å². The van der Waals surface area contributed by atoms with E-state index in [2.05, 4.69) is 5.32 Å². The molecule has 110 valence electrons. The number of thioether (sulfide) groups is 1. The molecule has 2 rings (SSSR count). The van der Waals surface area contributed by atoms with Gasteiger partial charge in [0.05, 0.1) is 6.42 Å². The van der Waals surface area contributed by atoms with Crippen LogP contribution >= 0.6 is 11.8 Å². The van der Waals surface area contributed by atoms with Crippen molar-refractivity contribution < 1.29 is 18.0 Å². The Morgan fingerprint density at radius 3 is 2.35 bits per heavy atom. The minimum absolute atomic E-state index is 0.185. The van der Waals surface area contributed by atoms with Crippen LogP contribution in [0, 0.1) is 0 Å². The first kappa shape index (κ1) is 15.0. The highest BCUT2D eigenvalue weighted by atomic mass is 32.2. The summed E-state index contributed by atoms with van der Waals surface area (Å²) in [6.45, 7) is 1.39. The molecule has 0 saturated carbocycles. The number of anilines is 1. The molecule has 0 spiro atoms. The highest BCUT2D eigenvalue weighted by Crippen LogP contribution is 2.22. The molecule has 3 nitrogen and oxygen atoms in total. The quantitative estimate of drug-likeness (QED) is 0.908. The molecule has 2 amide bonds. The molecule has 1 aromatic rings. The Morgan fingerprint density at radius 2 is 1.80 bits per heavy atom. The zero-order chi connectivity index (χ0) is 14.6. The van der Waals surface area contributed by atoms with Gasteiger partial charge in [-0.25, -0.2) is 4.79 Å². The maximum Gasteiger partial charge on any atom is 0.393 e. The molecule has 1 fully saturated rings. The second-order valence-corrected chi connectivity index (χ2v) is 5.74. The fourth-order valence-corrected chi connectivity index (χ4v) is 2.81. The molecule has 1 N–H and O–H groups in total. The number of hydrogen-bond acceptors (Lipinski definition) is 2. The summed E-state index contributed by atoms with van der Waals surface area (Å²) in [4.78, 5) is 13.6. The van der Waals surface area contributed by atoms with Gasteiger partial charge in [-0.2, -0.15) is 24.9 Å². The predicted molar refractivity (Wildman–Crippen MR) is 74.1 cm³/mol. The lowest BCUT2D eigenvalue weighted by molar-refractivity contribution is -0.127. The molecule has 0 aromatic heterocycles. The third kappa shape index (κ3) is 4.63. The van der Waals surface area contributed by atoms with Crippen LogP contribution in [0.2, 0.25) is 0 Å². The molecule has 7 heteroatoms. The first-order valence-electron chi connectivity index (χ1n) is 6.23. The van der Waals surface area contributed by atoms with Crippen molar-refractivity contribution in [2.75, 3.05) is 29.9 Å². The largest absolute Gasteiger partial charge is 0.393 e. The Morgan fingerprint density at radius 1 is 1.20 bits per heavy atom. The highest BCUT2D eigenvalue weighted by molar-refractivity contribution is 7.99. The van der Waals surface area contributed by atoms with E-state index in [4.69, 9.17) is 0 Å². The van der Waals surface area contributed by atoms with Gasteiger partial charge in [0, 0.05) is 30.3 Å². The number of carbonyl (C=O) groups is 1. The molecular formula is C13H15F3N2OS. The molecule has 1 aliphatic heterocycles. The lowest BCUT2D eigenvalue weighted by Crippen LogP contribution is -2.40. The Kier molecular flexibility index (Phi) is 4.80. The van der Waals surface area contributed by atoms with E-state index in [-0.39, 0.29) is 11.6 Å². The molecule has 1 heterocycles. The van der Waals surface area contributed by atoms with E-state index in [9.17, 15) is 18.0 Å². The van der Waals surface area contributed by atoms with Crippen LogP contribution in [0.4, 0.5) is 23.7 Å². The van der Waals surface area contributed by atoms with E-state index < -0.39 is 12.6 Å². The van der Waals surface area contributed by atoms with Crippen LogP contribution in [0.3, 0.4) is 0 Å². The molecule has 1 saturated heterocycles. The number of alkyl halides is 3. The topological polar surface area (TPSA) is 32.3 Å². The van der Waals surface area contributed by atoms with E-state index in [0.717, 1.165) is 11.5 Å². The standard InChI is InChI=1S/C13H15F3N2OS/c14-13(15,16)9-10-1-3-11(4-2-10)17-12(19)18-5-7-20-8-6-18/h1-4H,5-9H2,(H,17,19). The van der Waals surface area contributed by atoms with E-state index in [0.29, 0.717) is 18.8 Å². The molecule has 1 aliphatic rings. The van der Waals surface area contributed by atoms with Gasteiger partial charge in [-0.15, -0.1) is 0 Å². The van der Waals surface area contributed by atoms with Gasteiger partial charge in [-0.05, 0) is 17.7 Å². The summed E-state index contributed by atoms with van der Waals surface area (Å²) in [7, 11) is 0. The second kappa shape index (κ2) is 6.39. The summed E-state index contributed by atoms with van der Waals surface area (Å²) in [6, 6.07) is 5.56. The van der Waals surface area contributed by atoms with Gasteiger partial charge in [0.25, 0.3) is 0 Å². The average molecular weight is 304 g/mol. The zero-order valence-corrected chi connectivity index (χ0v) is 11.6. The van der Waals surface area contributed by atoms with Crippen molar-refractivity contribution in [3.05, 3.63) is 29.8 Å². The molecule has 1 aromatic carbocycles. The number of carbonyl (C=O) groups excluding carboxylic acids is 1. The summed E-state index contributed by atoms with van der Waals surface area (Å²) in [5.41, 5.74) is 0.698. The Balaban J connectivity index is 1.91. The van der Waals surface area contributed by atoms with Crippen molar-refractivity contribution in [1.29, 1.82) is 0 Å². The summed E-state index contributed by atoms with van der Waals surface area (Å²) in [5.74, 6) is 1.83. The van der Waals surface area contributed by atoms with Gasteiger partial charge in [0.2, 0.25) is 0 Å². The maximum atomic E-state index is 12.2. The van der Waals surface area contributed by atoms with Crippen LogP contribution in [0.25, 0.3) is 0 Å². The minimum Gasteiger partial charge on any atom is -0.323 e. The Bertz CT molecular complexity index is 456.